The molecule has 0 aliphatic carbocycles. The van der Waals surface area contributed by atoms with Crippen LogP contribution < -0.4 is 0 Å². The largest absolute Gasteiger partial charge is 0.481 e. The van der Waals surface area contributed by atoms with Crippen LogP contribution in [0.25, 0.3) is 0 Å². The first kappa shape index (κ1) is 11.1. The summed E-state index contributed by atoms with van der Waals surface area (Å²) >= 11 is 0. The van der Waals surface area contributed by atoms with Gasteiger partial charge in [-0.2, -0.15) is 0 Å². The first-order valence-electron chi connectivity index (χ1n) is 4.08. The molecule has 0 aromatic rings. The molecule has 84 valence electrons. The Labute approximate surface area is 82.9 Å². The van der Waals surface area contributed by atoms with Crippen LogP contribution in [0.4, 0.5) is 0 Å². The molecule has 10 heteroatoms. The van der Waals surface area contributed by atoms with Crippen molar-refractivity contribution < 1.29 is 14.9 Å². The predicted molar refractivity (Wildman–Crippen MR) is 44.5 cm³/mol. The summed E-state index contributed by atoms with van der Waals surface area (Å²) in [6.07, 6.45) is -0.222. The molecule has 0 atom stereocenters. The Balaban J connectivity index is 2.95. The molecular formula is C5H8N4O6. The topological polar surface area (TPSA) is 133 Å². The maximum atomic E-state index is 10.6. The minimum absolute atomic E-state index is 0.00354. The second-order valence-electron chi connectivity index (χ2n) is 3.23. The maximum absolute atomic E-state index is 10.6. The molecule has 0 spiro atoms. The summed E-state index contributed by atoms with van der Waals surface area (Å²) in [5.74, 6) is 0. The highest BCUT2D eigenvalue weighted by Gasteiger charge is 2.61. The van der Waals surface area contributed by atoms with Crippen molar-refractivity contribution >= 4 is 0 Å². The van der Waals surface area contributed by atoms with Crippen molar-refractivity contribution in [3.05, 3.63) is 30.3 Å². The quantitative estimate of drug-likeness (QED) is 0.356. The highest BCUT2D eigenvalue weighted by molar-refractivity contribution is 4.75. The molecule has 0 aromatic carbocycles. The number of rotatable bonds is 3. The molecule has 0 unspecified atom stereocenters. The van der Waals surface area contributed by atoms with Crippen LogP contribution >= 0.6 is 0 Å². The highest BCUT2D eigenvalue weighted by atomic mass is 16.7. The molecule has 0 aromatic heterocycles. The zero-order valence-corrected chi connectivity index (χ0v) is 7.57. The fourth-order valence-electron chi connectivity index (χ4n) is 1.50. The van der Waals surface area contributed by atoms with Crippen LogP contribution in [0.3, 0.4) is 0 Å². The first-order valence-corrected chi connectivity index (χ1v) is 4.08. The second-order valence-corrected chi connectivity index (χ2v) is 3.23. The third-order valence-corrected chi connectivity index (χ3v) is 2.34. The Kier molecular flexibility index (Phi) is 2.68. The lowest BCUT2D eigenvalue weighted by Crippen LogP contribution is -2.59. The van der Waals surface area contributed by atoms with Gasteiger partial charge in [0.1, 0.15) is 9.85 Å². The molecule has 0 bridgehead atoms. The molecule has 0 radical (unpaired) electrons. The fourth-order valence-corrected chi connectivity index (χ4v) is 1.50. The smallest absolute Gasteiger partial charge is 0.258 e. The summed E-state index contributed by atoms with van der Waals surface area (Å²) in [7, 11) is 0. The average molecular weight is 220 g/mol. The van der Waals surface area contributed by atoms with E-state index in [1.54, 1.807) is 0 Å². The minimum atomic E-state index is -2.44. The lowest BCUT2D eigenvalue weighted by atomic mass is 10.0. The van der Waals surface area contributed by atoms with Crippen molar-refractivity contribution in [1.29, 1.82) is 0 Å². The Hall–Kier alpha value is -2.00. The SMILES string of the molecule is O=[N+]([O-])N1CCCC([N+](=O)[O-])([N+](=O)[O-])C1. The van der Waals surface area contributed by atoms with E-state index >= 15 is 0 Å². The molecule has 1 heterocycles. The normalized spacial score (nSPS) is 19.6. The van der Waals surface area contributed by atoms with Crippen molar-refractivity contribution in [2.45, 2.75) is 18.5 Å². The summed E-state index contributed by atoms with van der Waals surface area (Å²) in [6.45, 7) is -0.795. The summed E-state index contributed by atoms with van der Waals surface area (Å²) in [5, 5.41) is 31.2. The molecule has 1 aliphatic heterocycles. The molecule has 1 saturated heterocycles. The van der Waals surface area contributed by atoms with Crippen molar-refractivity contribution in [2.75, 3.05) is 13.1 Å². The molecule has 1 rings (SSSR count). The van der Waals surface area contributed by atoms with Gasteiger partial charge in [0, 0.05) is 0 Å². The van der Waals surface area contributed by atoms with E-state index in [1.807, 2.05) is 0 Å². The standard InChI is InChI=1S/C5H8N4O6/c10-7(11)5(8(12)13)2-1-3-6(4-5)9(14)15/h1-4H2. The van der Waals surface area contributed by atoms with Gasteiger partial charge in [0.25, 0.3) is 0 Å². The summed E-state index contributed by atoms with van der Waals surface area (Å²) in [5.41, 5.74) is -2.44. The Morgan fingerprint density at radius 2 is 1.60 bits per heavy atom. The third-order valence-electron chi connectivity index (χ3n) is 2.34. The van der Waals surface area contributed by atoms with E-state index in [0.717, 1.165) is 0 Å². The number of nitro groups is 3. The van der Waals surface area contributed by atoms with E-state index in [2.05, 4.69) is 0 Å². The molecule has 10 nitrogen and oxygen atoms in total. The first-order chi connectivity index (χ1) is 6.90. The minimum Gasteiger partial charge on any atom is -0.258 e. The third kappa shape index (κ3) is 1.78. The van der Waals surface area contributed by atoms with E-state index in [1.165, 1.54) is 0 Å². The van der Waals surface area contributed by atoms with Gasteiger partial charge < -0.3 is 0 Å². The monoisotopic (exact) mass is 220 g/mol. The summed E-state index contributed by atoms with van der Waals surface area (Å²) in [6, 6.07) is 0. The Morgan fingerprint density at radius 3 is 2.00 bits per heavy atom. The van der Waals surface area contributed by atoms with Gasteiger partial charge in [-0.15, -0.1) is 5.01 Å². The number of nitrogens with zero attached hydrogens (tertiary/aromatic N) is 4. The molecule has 15 heavy (non-hydrogen) atoms. The van der Waals surface area contributed by atoms with Crippen molar-refractivity contribution in [2.24, 2.45) is 0 Å². The van der Waals surface area contributed by atoms with E-state index in [0.29, 0.717) is 5.01 Å². The van der Waals surface area contributed by atoms with Crippen LogP contribution in [0, 0.1) is 30.3 Å². The molecule has 0 saturated carbocycles. The van der Waals surface area contributed by atoms with Gasteiger partial charge in [-0.1, -0.05) is 0 Å². The van der Waals surface area contributed by atoms with Gasteiger partial charge in [0.15, 0.2) is 5.03 Å². The predicted octanol–water partition coefficient (Wildman–Crippen LogP) is -0.476. The Morgan fingerprint density at radius 1 is 1.07 bits per heavy atom. The van der Waals surface area contributed by atoms with Crippen LogP contribution in [0.5, 0.6) is 0 Å². The highest BCUT2D eigenvalue weighted by Crippen LogP contribution is 2.24. The molecular weight excluding hydrogens is 212 g/mol. The van der Waals surface area contributed by atoms with Crippen LogP contribution in [0.2, 0.25) is 0 Å². The van der Waals surface area contributed by atoms with Crippen LogP contribution in [-0.2, 0) is 0 Å². The van der Waals surface area contributed by atoms with Gasteiger partial charge in [-0.05, 0) is 6.42 Å². The van der Waals surface area contributed by atoms with Crippen molar-refractivity contribution in [3.63, 3.8) is 0 Å². The van der Waals surface area contributed by atoms with E-state index in [4.69, 9.17) is 0 Å². The summed E-state index contributed by atoms with van der Waals surface area (Å²) in [4.78, 5) is 29.5. The van der Waals surface area contributed by atoms with Crippen LogP contribution in [0.1, 0.15) is 12.8 Å². The maximum Gasteiger partial charge on any atom is 0.481 e. The average Bonchev–Trinajstić information content (AvgIpc) is 2.17. The number of hydrogen-bond donors (Lipinski definition) is 0. The molecule has 0 amide bonds. The zero-order valence-electron chi connectivity index (χ0n) is 7.57. The van der Waals surface area contributed by atoms with Gasteiger partial charge in [-0.25, -0.2) is 10.1 Å². The van der Waals surface area contributed by atoms with Crippen molar-refractivity contribution in [3.8, 4) is 0 Å². The summed E-state index contributed by atoms with van der Waals surface area (Å²) < 4.78 is 0. The molecule has 0 N–H and O–H groups in total. The lowest BCUT2D eigenvalue weighted by Gasteiger charge is -2.25. The van der Waals surface area contributed by atoms with Crippen LogP contribution in [-0.4, -0.2) is 38.6 Å². The zero-order chi connectivity index (χ0) is 11.6. The van der Waals surface area contributed by atoms with Gasteiger partial charge in [-0.3, -0.25) is 20.2 Å². The van der Waals surface area contributed by atoms with E-state index in [9.17, 15) is 30.3 Å². The van der Waals surface area contributed by atoms with E-state index < -0.39 is 27.1 Å². The van der Waals surface area contributed by atoms with Gasteiger partial charge in [0.2, 0.25) is 6.54 Å². The van der Waals surface area contributed by atoms with E-state index in [-0.39, 0.29) is 19.4 Å². The van der Waals surface area contributed by atoms with Crippen LogP contribution in [0.15, 0.2) is 0 Å². The van der Waals surface area contributed by atoms with Gasteiger partial charge >= 0.3 is 5.66 Å². The number of hydrazine groups is 1. The second kappa shape index (κ2) is 3.63. The van der Waals surface area contributed by atoms with Gasteiger partial charge in [0.05, 0.1) is 13.0 Å². The Bertz CT molecular complexity index is 303. The lowest BCUT2D eigenvalue weighted by molar-refractivity contribution is -0.814. The fraction of sp³-hybridized carbons (Fsp3) is 1.00. The van der Waals surface area contributed by atoms with Crippen molar-refractivity contribution in [1.82, 2.24) is 5.01 Å². The molecule has 1 aliphatic rings. The number of piperidine rings is 1. The number of hydrogen-bond acceptors (Lipinski definition) is 6. The molecule has 1 fully saturated rings.